The molecule has 1 heterocycles. The number of nitrogens with zero attached hydrogens (tertiary/aromatic N) is 1. The van der Waals surface area contributed by atoms with Gasteiger partial charge in [0.1, 0.15) is 0 Å². The molecule has 1 fully saturated rings. The highest BCUT2D eigenvalue weighted by atomic mass is 15.1. The van der Waals surface area contributed by atoms with Gasteiger partial charge in [-0.1, -0.05) is 31.9 Å². The van der Waals surface area contributed by atoms with Crippen LogP contribution in [0, 0.1) is 5.92 Å². The largest absolute Gasteiger partial charge is 0.372 e. The smallest absolute Gasteiger partial charge is 0.0366 e. The van der Waals surface area contributed by atoms with Crippen LogP contribution in [0.2, 0.25) is 0 Å². The molecule has 2 heteroatoms. The second-order valence-electron chi connectivity index (χ2n) is 5.95. The van der Waals surface area contributed by atoms with Gasteiger partial charge in [0.15, 0.2) is 0 Å². The van der Waals surface area contributed by atoms with Crippen molar-refractivity contribution in [1.29, 1.82) is 0 Å². The quantitative estimate of drug-likeness (QED) is 0.882. The van der Waals surface area contributed by atoms with Crippen molar-refractivity contribution < 1.29 is 0 Å². The highest BCUT2D eigenvalue weighted by Gasteiger charge is 2.16. The Morgan fingerprint density at radius 1 is 1.21 bits per heavy atom. The molecule has 1 aromatic rings. The summed E-state index contributed by atoms with van der Waals surface area (Å²) in [5, 5.41) is 0. The summed E-state index contributed by atoms with van der Waals surface area (Å²) in [6, 6.07) is 8.95. The third-order valence-corrected chi connectivity index (χ3v) is 4.33. The van der Waals surface area contributed by atoms with Gasteiger partial charge in [0.05, 0.1) is 0 Å². The minimum atomic E-state index is 0.132. The monoisotopic (exact) mass is 260 g/mol. The molecule has 0 saturated carbocycles. The Morgan fingerprint density at radius 2 is 1.95 bits per heavy atom. The van der Waals surface area contributed by atoms with Gasteiger partial charge in [0, 0.05) is 24.8 Å². The number of rotatable bonds is 4. The van der Waals surface area contributed by atoms with Crippen molar-refractivity contribution in [2.45, 2.75) is 52.0 Å². The highest BCUT2D eigenvalue weighted by Crippen LogP contribution is 2.26. The van der Waals surface area contributed by atoms with Gasteiger partial charge in [-0.25, -0.2) is 0 Å². The SMILES string of the molecule is CCCC1CCCN(c2ccc(C(C)N)cc2)CC1. The van der Waals surface area contributed by atoms with Crippen molar-refractivity contribution in [3.05, 3.63) is 29.8 Å². The fourth-order valence-electron chi connectivity index (χ4n) is 3.11. The summed E-state index contributed by atoms with van der Waals surface area (Å²) in [6.45, 7) is 6.76. The summed E-state index contributed by atoms with van der Waals surface area (Å²) in [7, 11) is 0. The number of anilines is 1. The molecule has 2 unspecified atom stereocenters. The molecular weight excluding hydrogens is 232 g/mol. The molecule has 0 aliphatic carbocycles. The zero-order valence-electron chi connectivity index (χ0n) is 12.4. The first-order valence-electron chi connectivity index (χ1n) is 7.81. The van der Waals surface area contributed by atoms with Crippen LogP contribution in [0.4, 0.5) is 5.69 Å². The molecule has 0 spiro atoms. The van der Waals surface area contributed by atoms with E-state index < -0.39 is 0 Å². The van der Waals surface area contributed by atoms with E-state index in [0.717, 1.165) is 5.92 Å². The second kappa shape index (κ2) is 6.95. The van der Waals surface area contributed by atoms with Crippen LogP contribution in [-0.2, 0) is 0 Å². The molecule has 19 heavy (non-hydrogen) atoms. The Hall–Kier alpha value is -1.02. The van der Waals surface area contributed by atoms with Crippen molar-refractivity contribution in [2.75, 3.05) is 18.0 Å². The van der Waals surface area contributed by atoms with Gasteiger partial charge in [-0.3, -0.25) is 0 Å². The Morgan fingerprint density at radius 3 is 2.58 bits per heavy atom. The lowest BCUT2D eigenvalue weighted by molar-refractivity contribution is 0.435. The van der Waals surface area contributed by atoms with Crippen LogP contribution in [-0.4, -0.2) is 13.1 Å². The van der Waals surface area contributed by atoms with E-state index in [0.29, 0.717) is 0 Å². The van der Waals surface area contributed by atoms with Crippen LogP contribution in [0.5, 0.6) is 0 Å². The second-order valence-corrected chi connectivity index (χ2v) is 5.95. The molecule has 1 aliphatic rings. The van der Waals surface area contributed by atoms with E-state index >= 15 is 0 Å². The van der Waals surface area contributed by atoms with Crippen molar-refractivity contribution in [3.63, 3.8) is 0 Å². The lowest BCUT2D eigenvalue weighted by Gasteiger charge is -2.23. The maximum absolute atomic E-state index is 5.91. The average Bonchev–Trinajstić information content (AvgIpc) is 2.65. The molecule has 0 aromatic heterocycles. The number of hydrogen-bond acceptors (Lipinski definition) is 2. The fourth-order valence-corrected chi connectivity index (χ4v) is 3.11. The predicted molar refractivity (Wildman–Crippen MR) is 83.5 cm³/mol. The van der Waals surface area contributed by atoms with Crippen LogP contribution in [0.15, 0.2) is 24.3 Å². The van der Waals surface area contributed by atoms with E-state index in [1.807, 2.05) is 6.92 Å². The molecule has 1 aromatic carbocycles. The molecule has 2 atom stereocenters. The minimum Gasteiger partial charge on any atom is -0.372 e. The first-order chi connectivity index (χ1) is 9.20. The summed E-state index contributed by atoms with van der Waals surface area (Å²) in [6.07, 6.45) is 6.82. The first-order valence-corrected chi connectivity index (χ1v) is 7.81. The maximum Gasteiger partial charge on any atom is 0.0366 e. The van der Waals surface area contributed by atoms with Crippen molar-refractivity contribution in [3.8, 4) is 0 Å². The molecule has 0 bridgehead atoms. The highest BCUT2D eigenvalue weighted by molar-refractivity contribution is 5.48. The van der Waals surface area contributed by atoms with Crippen molar-refractivity contribution in [1.82, 2.24) is 0 Å². The summed E-state index contributed by atoms with van der Waals surface area (Å²) in [5.41, 5.74) is 8.49. The lowest BCUT2D eigenvalue weighted by atomic mass is 9.96. The number of hydrogen-bond donors (Lipinski definition) is 1. The van der Waals surface area contributed by atoms with Crippen LogP contribution in [0.25, 0.3) is 0 Å². The van der Waals surface area contributed by atoms with E-state index in [4.69, 9.17) is 5.73 Å². The van der Waals surface area contributed by atoms with Crippen molar-refractivity contribution >= 4 is 5.69 Å². The molecule has 0 radical (unpaired) electrons. The standard InChI is InChI=1S/C17H28N2/c1-3-5-15-6-4-12-19(13-11-15)17-9-7-16(8-10-17)14(2)18/h7-10,14-15H,3-6,11-13,18H2,1-2H3. The van der Waals surface area contributed by atoms with Gasteiger partial charge in [-0.05, 0) is 49.8 Å². The van der Waals surface area contributed by atoms with Gasteiger partial charge < -0.3 is 10.6 Å². The summed E-state index contributed by atoms with van der Waals surface area (Å²) in [4.78, 5) is 2.54. The summed E-state index contributed by atoms with van der Waals surface area (Å²) < 4.78 is 0. The van der Waals surface area contributed by atoms with Crippen LogP contribution in [0.1, 0.15) is 57.6 Å². The maximum atomic E-state index is 5.91. The normalized spacial score (nSPS) is 22.1. The van der Waals surface area contributed by atoms with Gasteiger partial charge >= 0.3 is 0 Å². The van der Waals surface area contributed by atoms with Gasteiger partial charge in [0.25, 0.3) is 0 Å². The third kappa shape index (κ3) is 3.97. The van der Waals surface area contributed by atoms with Crippen LogP contribution < -0.4 is 10.6 Å². The molecule has 2 nitrogen and oxygen atoms in total. The first kappa shape index (κ1) is 14.4. The van der Waals surface area contributed by atoms with E-state index in [1.54, 1.807) is 0 Å². The van der Waals surface area contributed by atoms with Crippen molar-refractivity contribution in [2.24, 2.45) is 11.7 Å². The molecule has 2 N–H and O–H groups in total. The Labute approximate surface area is 118 Å². The topological polar surface area (TPSA) is 29.3 Å². The molecule has 1 aliphatic heterocycles. The number of nitrogens with two attached hydrogens (primary N) is 1. The Bertz CT molecular complexity index is 369. The van der Waals surface area contributed by atoms with Gasteiger partial charge in [-0.2, -0.15) is 0 Å². The van der Waals surface area contributed by atoms with E-state index in [9.17, 15) is 0 Å². The van der Waals surface area contributed by atoms with E-state index in [1.165, 1.54) is 56.4 Å². The third-order valence-electron chi connectivity index (χ3n) is 4.33. The number of benzene rings is 1. The van der Waals surface area contributed by atoms with Crippen LogP contribution in [0.3, 0.4) is 0 Å². The van der Waals surface area contributed by atoms with Gasteiger partial charge in [0.2, 0.25) is 0 Å². The fraction of sp³-hybridized carbons (Fsp3) is 0.647. The summed E-state index contributed by atoms with van der Waals surface area (Å²) >= 11 is 0. The lowest BCUT2D eigenvalue weighted by Crippen LogP contribution is -2.24. The van der Waals surface area contributed by atoms with Crippen LogP contribution >= 0.6 is 0 Å². The van der Waals surface area contributed by atoms with Gasteiger partial charge in [-0.15, -0.1) is 0 Å². The molecule has 2 rings (SSSR count). The Kier molecular flexibility index (Phi) is 5.26. The Balaban J connectivity index is 1.97. The summed E-state index contributed by atoms with van der Waals surface area (Å²) in [5.74, 6) is 0.943. The zero-order valence-corrected chi connectivity index (χ0v) is 12.4. The van der Waals surface area contributed by atoms with E-state index in [2.05, 4.69) is 36.1 Å². The average molecular weight is 260 g/mol. The zero-order chi connectivity index (χ0) is 13.7. The molecular formula is C17H28N2. The molecule has 1 saturated heterocycles. The van der Waals surface area contributed by atoms with E-state index in [-0.39, 0.29) is 6.04 Å². The predicted octanol–water partition coefficient (Wildman–Crippen LogP) is 4.11. The molecule has 106 valence electrons. The minimum absolute atomic E-state index is 0.132. The molecule has 0 amide bonds.